The van der Waals surface area contributed by atoms with Crippen LogP contribution in [0, 0.1) is 0 Å². The highest BCUT2D eigenvalue weighted by Crippen LogP contribution is 2.41. The molecule has 2 N–H and O–H groups in total. The number of hydrogen-bond acceptors (Lipinski definition) is 2. The van der Waals surface area contributed by atoms with Crippen molar-refractivity contribution >= 4 is 34.2 Å². The molecule has 1 saturated carbocycles. The number of hydrogen-bond donors (Lipinski definition) is 2. The predicted octanol–water partition coefficient (Wildman–Crippen LogP) is 3.55. The van der Waals surface area contributed by atoms with E-state index in [4.69, 9.17) is 0 Å². The zero-order valence-electron chi connectivity index (χ0n) is 12.7. The van der Waals surface area contributed by atoms with Crippen molar-refractivity contribution in [2.45, 2.75) is 50.0 Å². The quantitative estimate of drug-likeness (QED) is 0.829. The van der Waals surface area contributed by atoms with Gasteiger partial charge in [-0.2, -0.15) is 0 Å². The summed E-state index contributed by atoms with van der Waals surface area (Å²) in [7, 11) is 0. The molecule has 1 atom stereocenters. The second-order valence-electron chi connectivity index (χ2n) is 6.36. The zero-order chi connectivity index (χ0) is 14.7. The van der Waals surface area contributed by atoms with Gasteiger partial charge in [-0.3, -0.25) is 4.79 Å². The van der Waals surface area contributed by atoms with E-state index in [2.05, 4.69) is 50.8 Å². The van der Waals surface area contributed by atoms with Crippen molar-refractivity contribution in [3.63, 3.8) is 0 Å². The molecule has 1 unspecified atom stereocenters. The first-order valence-electron chi connectivity index (χ1n) is 7.97. The molecule has 1 saturated heterocycles. The van der Waals surface area contributed by atoms with E-state index in [9.17, 15) is 4.79 Å². The number of nitrogens with one attached hydrogen (secondary N) is 2. The highest BCUT2D eigenvalue weighted by Gasteiger charge is 2.36. The second kappa shape index (κ2) is 7.80. The SMILES string of the molecule is Cl.O=C(NCC1(c2ccc(Br)cc2)CCCC1)C1CCCN1. The molecule has 2 aliphatic rings. The number of carbonyl (C=O) groups is 1. The van der Waals surface area contributed by atoms with Crippen molar-refractivity contribution in [1.82, 2.24) is 10.6 Å². The Hall–Kier alpha value is -0.580. The Labute approximate surface area is 147 Å². The minimum atomic E-state index is 0. The minimum absolute atomic E-state index is 0. The van der Waals surface area contributed by atoms with Gasteiger partial charge in [0, 0.05) is 16.4 Å². The number of benzene rings is 1. The number of rotatable bonds is 4. The first kappa shape index (κ1) is 17.8. The standard InChI is InChI=1S/C17H23BrN2O.ClH/c18-14-7-5-13(6-8-14)17(9-1-2-10-17)12-20-16(21)15-4-3-11-19-15;/h5-8,15,19H,1-4,9-12H2,(H,20,21);1H. The molecule has 1 amide bonds. The molecule has 3 nitrogen and oxygen atoms in total. The maximum Gasteiger partial charge on any atom is 0.237 e. The van der Waals surface area contributed by atoms with Gasteiger partial charge in [-0.25, -0.2) is 0 Å². The molecule has 0 radical (unpaired) electrons. The summed E-state index contributed by atoms with van der Waals surface area (Å²) in [6, 6.07) is 8.64. The summed E-state index contributed by atoms with van der Waals surface area (Å²) in [4.78, 5) is 12.2. The van der Waals surface area contributed by atoms with Crippen LogP contribution in [0.25, 0.3) is 0 Å². The molecule has 1 aromatic rings. The zero-order valence-corrected chi connectivity index (χ0v) is 15.1. The Balaban J connectivity index is 0.00000176. The molecule has 1 aromatic carbocycles. The second-order valence-corrected chi connectivity index (χ2v) is 7.28. The Morgan fingerprint density at radius 1 is 1.23 bits per heavy atom. The molecule has 3 rings (SSSR count). The maximum atomic E-state index is 12.2. The van der Waals surface area contributed by atoms with Crippen molar-refractivity contribution in [2.75, 3.05) is 13.1 Å². The van der Waals surface area contributed by atoms with Gasteiger partial charge in [0.1, 0.15) is 0 Å². The van der Waals surface area contributed by atoms with Crippen LogP contribution in [0.2, 0.25) is 0 Å². The summed E-state index contributed by atoms with van der Waals surface area (Å²) in [6.45, 7) is 1.74. The monoisotopic (exact) mass is 386 g/mol. The van der Waals surface area contributed by atoms with E-state index in [-0.39, 0.29) is 29.8 Å². The average molecular weight is 388 g/mol. The molecule has 0 spiro atoms. The fourth-order valence-electron chi connectivity index (χ4n) is 3.71. The van der Waals surface area contributed by atoms with Crippen molar-refractivity contribution in [3.05, 3.63) is 34.3 Å². The average Bonchev–Trinajstić information content (AvgIpc) is 3.18. The van der Waals surface area contributed by atoms with Gasteiger partial charge < -0.3 is 10.6 Å². The maximum absolute atomic E-state index is 12.2. The Bertz CT molecular complexity index is 494. The molecule has 1 aliphatic heterocycles. The van der Waals surface area contributed by atoms with Gasteiger partial charge >= 0.3 is 0 Å². The van der Waals surface area contributed by atoms with E-state index in [0.717, 1.165) is 30.4 Å². The van der Waals surface area contributed by atoms with Gasteiger partial charge in [0.15, 0.2) is 0 Å². The number of halogens is 2. The van der Waals surface area contributed by atoms with E-state index in [0.29, 0.717) is 0 Å². The molecule has 5 heteroatoms. The van der Waals surface area contributed by atoms with Gasteiger partial charge in [-0.05, 0) is 49.9 Å². The van der Waals surface area contributed by atoms with E-state index in [1.54, 1.807) is 0 Å². The first-order chi connectivity index (χ1) is 10.2. The van der Waals surface area contributed by atoms with Gasteiger partial charge in [-0.15, -0.1) is 12.4 Å². The van der Waals surface area contributed by atoms with Gasteiger partial charge in [0.05, 0.1) is 6.04 Å². The van der Waals surface area contributed by atoms with Crippen molar-refractivity contribution in [2.24, 2.45) is 0 Å². The van der Waals surface area contributed by atoms with E-state index in [1.165, 1.54) is 31.2 Å². The molecule has 1 aliphatic carbocycles. The molecule has 122 valence electrons. The topological polar surface area (TPSA) is 41.1 Å². The van der Waals surface area contributed by atoms with E-state index in [1.807, 2.05) is 0 Å². The van der Waals surface area contributed by atoms with Crippen molar-refractivity contribution < 1.29 is 4.79 Å². The first-order valence-corrected chi connectivity index (χ1v) is 8.76. The fourth-order valence-corrected chi connectivity index (χ4v) is 3.97. The van der Waals surface area contributed by atoms with Crippen LogP contribution in [0.1, 0.15) is 44.1 Å². The van der Waals surface area contributed by atoms with Crippen LogP contribution in [0.4, 0.5) is 0 Å². The highest BCUT2D eigenvalue weighted by molar-refractivity contribution is 9.10. The Morgan fingerprint density at radius 2 is 1.91 bits per heavy atom. The van der Waals surface area contributed by atoms with Crippen molar-refractivity contribution in [3.8, 4) is 0 Å². The minimum Gasteiger partial charge on any atom is -0.354 e. The van der Waals surface area contributed by atoms with Gasteiger partial charge in [0.25, 0.3) is 0 Å². The van der Waals surface area contributed by atoms with Crippen molar-refractivity contribution in [1.29, 1.82) is 0 Å². The summed E-state index contributed by atoms with van der Waals surface area (Å²) in [6.07, 6.45) is 6.94. The third-order valence-corrected chi connectivity index (χ3v) is 5.52. The molecule has 0 aromatic heterocycles. The van der Waals surface area contributed by atoms with Crippen LogP contribution in [0.15, 0.2) is 28.7 Å². The predicted molar refractivity (Wildman–Crippen MR) is 95.6 cm³/mol. The van der Waals surface area contributed by atoms with E-state index >= 15 is 0 Å². The molecule has 22 heavy (non-hydrogen) atoms. The van der Waals surface area contributed by atoms with Crippen LogP contribution in [-0.2, 0) is 10.2 Å². The molecular formula is C17H24BrClN2O. The lowest BCUT2D eigenvalue weighted by Gasteiger charge is -2.30. The van der Waals surface area contributed by atoms with Gasteiger partial charge in [0.2, 0.25) is 5.91 Å². The Kier molecular flexibility index (Phi) is 6.30. The number of amides is 1. The summed E-state index contributed by atoms with van der Waals surface area (Å²) in [5.41, 5.74) is 1.50. The van der Waals surface area contributed by atoms with Gasteiger partial charge in [-0.1, -0.05) is 40.9 Å². The molecule has 0 bridgehead atoms. The largest absolute Gasteiger partial charge is 0.354 e. The molecule has 2 fully saturated rings. The van der Waals surface area contributed by atoms with Crippen LogP contribution in [-0.4, -0.2) is 25.0 Å². The van der Waals surface area contributed by atoms with Crippen LogP contribution in [0.5, 0.6) is 0 Å². The fraction of sp³-hybridized carbons (Fsp3) is 0.588. The lowest BCUT2D eigenvalue weighted by molar-refractivity contribution is -0.123. The molecule has 1 heterocycles. The summed E-state index contributed by atoms with van der Waals surface area (Å²) >= 11 is 3.50. The highest BCUT2D eigenvalue weighted by atomic mass is 79.9. The normalized spacial score (nSPS) is 23.0. The van der Waals surface area contributed by atoms with Crippen LogP contribution < -0.4 is 10.6 Å². The lowest BCUT2D eigenvalue weighted by Crippen LogP contribution is -2.46. The van der Waals surface area contributed by atoms with Crippen LogP contribution in [0.3, 0.4) is 0 Å². The summed E-state index contributed by atoms with van der Waals surface area (Å²) in [5, 5.41) is 6.48. The summed E-state index contributed by atoms with van der Waals surface area (Å²) in [5.74, 6) is 0.177. The Morgan fingerprint density at radius 3 is 2.50 bits per heavy atom. The molecular weight excluding hydrogens is 364 g/mol. The van der Waals surface area contributed by atoms with Crippen LogP contribution >= 0.6 is 28.3 Å². The lowest BCUT2D eigenvalue weighted by atomic mass is 9.79. The van der Waals surface area contributed by atoms with E-state index < -0.39 is 0 Å². The third-order valence-electron chi connectivity index (χ3n) is 5.00. The number of carbonyl (C=O) groups excluding carboxylic acids is 1. The third kappa shape index (κ3) is 3.84. The summed E-state index contributed by atoms with van der Waals surface area (Å²) < 4.78 is 1.11. The smallest absolute Gasteiger partial charge is 0.237 e.